The summed E-state index contributed by atoms with van der Waals surface area (Å²) in [5.74, 6) is 0.518. The fourth-order valence-corrected chi connectivity index (χ4v) is 1.69. The minimum absolute atomic E-state index is 0.00696. The zero-order valence-corrected chi connectivity index (χ0v) is 10.7. The molecular weight excluding hydrogens is 258 g/mol. The Balaban J connectivity index is 1.84. The molecular formula is C15H13NO4. The van der Waals surface area contributed by atoms with E-state index in [2.05, 4.69) is 0 Å². The number of hydrogen-bond acceptors (Lipinski definition) is 4. The predicted molar refractivity (Wildman–Crippen MR) is 74.0 cm³/mol. The summed E-state index contributed by atoms with van der Waals surface area (Å²) in [6.45, 7) is 0.242. The van der Waals surface area contributed by atoms with Gasteiger partial charge in [-0.25, -0.2) is 0 Å². The first kappa shape index (κ1) is 13.7. The van der Waals surface area contributed by atoms with Crippen molar-refractivity contribution in [3.63, 3.8) is 0 Å². The van der Waals surface area contributed by atoms with Gasteiger partial charge in [0, 0.05) is 24.1 Å². The van der Waals surface area contributed by atoms with Crippen LogP contribution in [0.5, 0.6) is 5.75 Å². The second-order valence-electron chi connectivity index (χ2n) is 4.14. The fraction of sp³-hybridized carbons (Fsp3) is 0.133. The predicted octanol–water partition coefficient (Wildman–Crippen LogP) is 3.25. The van der Waals surface area contributed by atoms with Crippen molar-refractivity contribution >= 4 is 11.5 Å². The lowest BCUT2D eigenvalue weighted by atomic mass is 10.1. The lowest BCUT2D eigenvalue weighted by molar-refractivity contribution is -0.384. The number of nitrogens with zero attached hydrogens (tertiary/aromatic N) is 1. The molecule has 20 heavy (non-hydrogen) atoms. The quantitative estimate of drug-likeness (QED) is 0.459. The number of hydrogen-bond donors (Lipinski definition) is 0. The Morgan fingerprint density at radius 3 is 2.30 bits per heavy atom. The van der Waals surface area contributed by atoms with Crippen LogP contribution in [0.1, 0.15) is 16.8 Å². The van der Waals surface area contributed by atoms with Crippen molar-refractivity contribution in [3.05, 3.63) is 70.3 Å². The van der Waals surface area contributed by atoms with Crippen LogP contribution in [-0.4, -0.2) is 17.3 Å². The Bertz CT molecular complexity index is 593. The summed E-state index contributed by atoms with van der Waals surface area (Å²) in [7, 11) is 0. The normalized spacial score (nSPS) is 10.0. The molecule has 0 spiro atoms. The van der Waals surface area contributed by atoms with Crippen LogP contribution in [0.25, 0.3) is 0 Å². The van der Waals surface area contributed by atoms with Crippen LogP contribution in [0.15, 0.2) is 54.6 Å². The molecule has 2 rings (SSSR count). The number of non-ortho nitro benzene ring substituents is 1. The summed E-state index contributed by atoms with van der Waals surface area (Å²) in [6, 6.07) is 14.8. The molecule has 0 aliphatic rings. The van der Waals surface area contributed by atoms with Gasteiger partial charge in [0.15, 0.2) is 5.78 Å². The third kappa shape index (κ3) is 3.65. The van der Waals surface area contributed by atoms with E-state index in [0.29, 0.717) is 11.3 Å². The number of carbonyl (C=O) groups is 1. The number of ketones is 1. The minimum atomic E-state index is -0.470. The highest BCUT2D eigenvalue weighted by atomic mass is 16.6. The molecule has 0 saturated heterocycles. The monoisotopic (exact) mass is 271 g/mol. The summed E-state index contributed by atoms with van der Waals surface area (Å²) in [5, 5.41) is 10.5. The van der Waals surface area contributed by atoms with Gasteiger partial charge in [-0.15, -0.1) is 0 Å². The van der Waals surface area contributed by atoms with Crippen molar-refractivity contribution < 1.29 is 14.5 Å². The number of Topliss-reactive ketones (excluding diaryl/α,β-unsaturated/α-hetero) is 1. The van der Waals surface area contributed by atoms with Crippen LogP contribution in [0, 0.1) is 10.1 Å². The molecule has 0 radical (unpaired) electrons. The number of carbonyl (C=O) groups excluding carboxylic acids is 1. The number of rotatable bonds is 6. The minimum Gasteiger partial charge on any atom is -0.493 e. The third-order valence-electron chi connectivity index (χ3n) is 2.74. The van der Waals surface area contributed by atoms with E-state index in [1.54, 1.807) is 12.1 Å². The zero-order chi connectivity index (χ0) is 14.4. The largest absolute Gasteiger partial charge is 0.493 e. The van der Waals surface area contributed by atoms with Gasteiger partial charge in [0.2, 0.25) is 0 Å². The molecule has 5 nitrogen and oxygen atoms in total. The molecule has 0 fully saturated rings. The van der Waals surface area contributed by atoms with Crippen molar-refractivity contribution in [2.45, 2.75) is 6.42 Å². The Morgan fingerprint density at radius 1 is 1.05 bits per heavy atom. The van der Waals surface area contributed by atoms with Crippen LogP contribution < -0.4 is 4.74 Å². The Hall–Kier alpha value is -2.69. The van der Waals surface area contributed by atoms with Crippen molar-refractivity contribution in [3.8, 4) is 5.75 Å². The fourth-order valence-electron chi connectivity index (χ4n) is 1.69. The van der Waals surface area contributed by atoms with Crippen LogP contribution >= 0.6 is 0 Å². The average Bonchev–Trinajstić information content (AvgIpc) is 2.48. The molecule has 0 aromatic heterocycles. The zero-order valence-electron chi connectivity index (χ0n) is 10.7. The summed E-state index contributed by atoms with van der Waals surface area (Å²) in [4.78, 5) is 21.8. The standard InChI is InChI=1S/C15H13NO4/c17-15(12-4-2-1-3-5-12)10-11-20-14-8-6-13(7-9-14)16(18)19/h1-9H,10-11H2. The Morgan fingerprint density at radius 2 is 1.70 bits per heavy atom. The van der Waals surface area contributed by atoms with Crippen LogP contribution in [0.3, 0.4) is 0 Å². The molecule has 0 bridgehead atoms. The molecule has 0 aliphatic heterocycles. The van der Waals surface area contributed by atoms with Gasteiger partial charge in [0.05, 0.1) is 11.5 Å². The number of nitro groups is 1. The highest BCUT2D eigenvalue weighted by molar-refractivity contribution is 5.96. The first-order chi connectivity index (χ1) is 9.66. The topological polar surface area (TPSA) is 69.4 Å². The molecule has 0 N–H and O–H groups in total. The molecule has 2 aromatic carbocycles. The van der Waals surface area contributed by atoms with E-state index >= 15 is 0 Å². The summed E-state index contributed by atoms with van der Waals surface area (Å²) in [6.07, 6.45) is 0.265. The van der Waals surface area contributed by atoms with Gasteiger partial charge in [-0.05, 0) is 12.1 Å². The molecule has 0 heterocycles. The van der Waals surface area contributed by atoms with Crippen LogP contribution in [0.2, 0.25) is 0 Å². The average molecular weight is 271 g/mol. The van der Waals surface area contributed by atoms with E-state index in [4.69, 9.17) is 4.74 Å². The van der Waals surface area contributed by atoms with Crippen LogP contribution in [-0.2, 0) is 0 Å². The van der Waals surface area contributed by atoms with Crippen LogP contribution in [0.4, 0.5) is 5.69 Å². The van der Waals surface area contributed by atoms with Gasteiger partial charge in [-0.3, -0.25) is 14.9 Å². The summed E-state index contributed by atoms with van der Waals surface area (Å²) < 4.78 is 5.39. The number of benzene rings is 2. The SMILES string of the molecule is O=C(CCOc1ccc([N+](=O)[O-])cc1)c1ccccc1. The first-order valence-corrected chi connectivity index (χ1v) is 6.12. The molecule has 0 amide bonds. The van der Waals surface area contributed by atoms with Crippen molar-refractivity contribution in [1.82, 2.24) is 0 Å². The van der Waals surface area contributed by atoms with Gasteiger partial charge in [-0.2, -0.15) is 0 Å². The van der Waals surface area contributed by atoms with Crippen molar-refractivity contribution in [2.24, 2.45) is 0 Å². The smallest absolute Gasteiger partial charge is 0.269 e. The highest BCUT2D eigenvalue weighted by Crippen LogP contribution is 2.17. The molecule has 2 aromatic rings. The maximum absolute atomic E-state index is 11.8. The van der Waals surface area contributed by atoms with Crippen molar-refractivity contribution in [2.75, 3.05) is 6.61 Å². The van der Waals surface area contributed by atoms with E-state index in [-0.39, 0.29) is 24.5 Å². The molecule has 0 saturated carbocycles. The van der Waals surface area contributed by atoms with Gasteiger partial charge in [-0.1, -0.05) is 30.3 Å². The van der Waals surface area contributed by atoms with Crippen molar-refractivity contribution in [1.29, 1.82) is 0 Å². The summed E-state index contributed by atoms with van der Waals surface area (Å²) in [5.41, 5.74) is 0.664. The lowest BCUT2D eigenvalue weighted by Crippen LogP contribution is -2.06. The van der Waals surface area contributed by atoms with E-state index in [9.17, 15) is 14.9 Å². The first-order valence-electron chi connectivity index (χ1n) is 6.12. The third-order valence-corrected chi connectivity index (χ3v) is 2.74. The van der Waals surface area contributed by atoms with E-state index in [1.807, 2.05) is 18.2 Å². The van der Waals surface area contributed by atoms with E-state index in [0.717, 1.165) is 0 Å². The maximum Gasteiger partial charge on any atom is 0.269 e. The Kier molecular flexibility index (Phi) is 4.44. The maximum atomic E-state index is 11.8. The van der Waals surface area contributed by atoms with E-state index < -0.39 is 4.92 Å². The molecule has 102 valence electrons. The van der Waals surface area contributed by atoms with Gasteiger partial charge in [0.1, 0.15) is 5.75 Å². The molecule has 5 heteroatoms. The number of nitro benzene ring substituents is 1. The second kappa shape index (κ2) is 6.47. The van der Waals surface area contributed by atoms with Gasteiger partial charge >= 0.3 is 0 Å². The summed E-state index contributed by atoms with van der Waals surface area (Å²) >= 11 is 0. The number of ether oxygens (including phenoxy) is 1. The molecule has 0 aliphatic carbocycles. The van der Waals surface area contributed by atoms with E-state index in [1.165, 1.54) is 24.3 Å². The lowest BCUT2D eigenvalue weighted by Gasteiger charge is -2.05. The highest BCUT2D eigenvalue weighted by Gasteiger charge is 2.07. The van der Waals surface area contributed by atoms with Gasteiger partial charge < -0.3 is 4.74 Å². The molecule has 0 unspecified atom stereocenters. The van der Waals surface area contributed by atoms with Gasteiger partial charge in [0.25, 0.3) is 5.69 Å². The second-order valence-corrected chi connectivity index (χ2v) is 4.14. The Labute approximate surface area is 116 Å². The molecule has 0 atom stereocenters.